The summed E-state index contributed by atoms with van der Waals surface area (Å²) in [5.74, 6) is -2.08. The van der Waals surface area contributed by atoms with Crippen LogP contribution in [-0.2, 0) is 9.59 Å². The summed E-state index contributed by atoms with van der Waals surface area (Å²) in [7, 11) is 0. The lowest BCUT2D eigenvalue weighted by molar-refractivity contribution is -0.138. The standard InChI is InChI=1S/C19H28N4O6/c1-13-5-7-14(8-6-13)22-18(28)20-10-3-2-4-15(12-17(26)27)23-19(29)21-11-9-16(24)25/h5-8,15H,2-4,9-12H2,1H3,(H,24,25)(H,26,27)(H2,20,22,28)(H2,21,23,29). The molecular formula is C19H28N4O6. The number of hydrogen-bond donors (Lipinski definition) is 6. The van der Waals surface area contributed by atoms with E-state index in [0.717, 1.165) is 5.56 Å². The topological polar surface area (TPSA) is 157 Å². The average Bonchev–Trinajstić information content (AvgIpc) is 2.62. The van der Waals surface area contributed by atoms with Crippen molar-refractivity contribution in [3.63, 3.8) is 0 Å². The first-order valence-electron chi connectivity index (χ1n) is 9.35. The van der Waals surface area contributed by atoms with Crippen molar-refractivity contribution in [3.05, 3.63) is 29.8 Å². The smallest absolute Gasteiger partial charge is 0.319 e. The monoisotopic (exact) mass is 408 g/mol. The Kier molecular flexibility index (Phi) is 10.6. The summed E-state index contributed by atoms with van der Waals surface area (Å²) < 4.78 is 0. The van der Waals surface area contributed by atoms with Crippen molar-refractivity contribution < 1.29 is 29.4 Å². The molecule has 29 heavy (non-hydrogen) atoms. The number of urea groups is 2. The van der Waals surface area contributed by atoms with Crippen molar-refractivity contribution >= 4 is 29.7 Å². The van der Waals surface area contributed by atoms with Gasteiger partial charge in [0.2, 0.25) is 0 Å². The summed E-state index contributed by atoms with van der Waals surface area (Å²) in [6.07, 6.45) is 1.17. The molecule has 0 heterocycles. The van der Waals surface area contributed by atoms with Gasteiger partial charge in [-0.1, -0.05) is 17.7 Å². The molecule has 0 aliphatic rings. The Morgan fingerprint density at radius 2 is 1.55 bits per heavy atom. The summed E-state index contributed by atoms with van der Waals surface area (Å²) in [6.45, 7) is 2.32. The molecule has 160 valence electrons. The number of carbonyl (C=O) groups is 4. The Balaban J connectivity index is 2.26. The van der Waals surface area contributed by atoms with E-state index in [9.17, 15) is 19.2 Å². The number of carboxylic acids is 2. The van der Waals surface area contributed by atoms with E-state index >= 15 is 0 Å². The molecule has 0 radical (unpaired) electrons. The fourth-order valence-electron chi connectivity index (χ4n) is 2.49. The molecule has 4 amide bonds. The Morgan fingerprint density at radius 3 is 2.17 bits per heavy atom. The molecule has 1 atom stereocenters. The maximum absolute atomic E-state index is 11.8. The maximum atomic E-state index is 11.8. The molecule has 10 heteroatoms. The third-order valence-electron chi connectivity index (χ3n) is 3.96. The van der Waals surface area contributed by atoms with Gasteiger partial charge in [-0.3, -0.25) is 9.59 Å². The number of carboxylic acid groups (broad SMARTS) is 2. The van der Waals surface area contributed by atoms with Gasteiger partial charge in [-0.2, -0.15) is 0 Å². The van der Waals surface area contributed by atoms with Gasteiger partial charge in [0.25, 0.3) is 0 Å². The minimum absolute atomic E-state index is 0.0407. The lowest BCUT2D eigenvalue weighted by atomic mass is 10.1. The molecular weight excluding hydrogens is 380 g/mol. The van der Waals surface area contributed by atoms with Crippen LogP contribution in [0.4, 0.5) is 15.3 Å². The van der Waals surface area contributed by atoms with Crippen LogP contribution in [0.25, 0.3) is 0 Å². The predicted octanol–water partition coefficient (Wildman–Crippen LogP) is 1.90. The Bertz CT molecular complexity index is 692. The van der Waals surface area contributed by atoms with E-state index in [-0.39, 0.29) is 25.4 Å². The van der Waals surface area contributed by atoms with Crippen LogP contribution in [-0.4, -0.2) is 53.3 Å². The summed E-state index contributed by atoms with van der Waals surface area (Å²) in [4.78, 5) is 44.9. The van der Waals surface area contributed by atoms with E-state index in [2.05, 4.69) is 21.3 Å². The number of carbonyl (C=O) groups excluding carboxylic acids is 2. The molecule has 0 aliphatic carbocycles. The van der Waals surface area contributed by atoms with E-state index in [1.165, 1.54) is 0 Å². The molecule has 0 aliphatic heterocycles. The Hall–Kier alpha value is -3.30. The maximum Gasteiger partial charge on any atom is 0.319 e. The highest BCUT2D eigenvalue weighted by Crippen LogP contribution is 2.08. The number of unbranched alkanes of at least 4 members (excludes halogenated alkanes) is 1. The second-order valence-corrected chi connectivity index (χ2v) is 6.58. The van der Waals surface area contributed by atoms with Crippen molar-refractivity contribution in [1.82, 2.24) is 16.0 Å². The largest absolute Gasteiger partial charge is 0.481 e. The van der Waals surface area contributed by atoms with Crippen LogP contribution in [0.15, 0.2) is 24.3 Å². The van der Waals surface area contributed by atoms with E-state index in [4.69, 9.17) is 10.2 Å². The van der Waals surface area contributed by atoms with Gasteiger partial charge < -0.3 is 31.5 Å². The number of aryl methyl sites for hydroxylation is 1. The van der Waals surface area contributed by atoms with E-state index < -0.39 is 24.0 Å². The van der Waals surface area contributed by atoms with Crippen molar-refractivity contribution in [2.75, 3.05) is 18.4 Å². The van der Waals surface area contributed by atoms with E-state index in [1.54, 1.807) is 12.1 Å². The molecule has 0 saturated heterocycles. The van der Waals surface area contributed by atoms with Crippen LogP contribution in [0.5, 0.6) is 0 Å². The van der Waals surface area contributed by atoms with Crippen molar-refractivity contribution in [2.24, 2.45) is 0 Å². The van der Waals surface area contributed by atoms with E-state index in [1.807, 2.05) is 19.1 Å². The third-order valence-corrected chi connectivity index (χ3v) is 3.96. The lowest BCUT2D eigenvalue weighted by Gasteiger charge is -2.17. The summed E-state index contributed by atoms with van der Waals surface area (Å²) >= 11 is 0. The fraction of sp³-hybridized carbons (Fsp3) is 0.474. The first-order chi connectivity index (χ1) is 13.8. The molecule has 0 aromatic heterocycles. The molecule has 0 bridgehead atoms. The zero-order chi connectivity index (χ0) is 21.6. The first-order valence-corrected chi connectivity index (χ1v) is 9.35. The highest BCUT2D eigenvalue weighted by Gasteiger charge is 2.15. The highest BCUT2D eigenvalue weighted by atomic mass is 16.4. The number of hydrogen-bond acceptors (Lipinski definition) is 4. The Morgan fingerprint density at radius 1 is 0.897 bits per heavy atom. The van der Waals surface area contributed by atoms with Gasteiger partial charge >= 0.3 is 24.0 Å². The van der Waals surface area contributed by atoms with Crippen LogP contribution in [0.2, 0.25) is 0 Å². The van der Waals surface area contributed by atoms with Gasteiger partial charge in [0.05, 0.1) is 12.8 Å². The molecule has 0 fully saturated rings. The molecule has 1 aromatic rings. The summed E-state index contributed by atoms with van der Waals surface area (Å²) in [5.41, 5.74) is 1.78. The molecule has 0 spiro atoms. The molecule has 0 saturated carbocycles. The van der Waals surface area contributed by atoms with Crippen LogP contribution >= 0.6 is 0 Å². The van der Waals surface area contributed by atoms with Gasteiger partial charge in [-0.05, 0) is 38.3 Å². The summed E-state index contributed by atoms with van der Waals surface area (Å²) in [6, 6.07) is 5.88. The van der Waals surface area contributed by atoms with Gasteiger partial charge in [0, 0.05) is 24.8 Å². The number of amides is 4. The predicted molar refractivity (Wildman–Crippen MR) is 107 cm³/mol. The number of rotatable bonds is 12. The average molecular weight is 408 g/mol. The third kappa shape index (κ3) is 11.9. The highest BCUT2D eigenvalue weighted by molar-refractivity contribution is 5.89. The van der Waals surface area contributed by atoms with Crippen molar-refractivity contribution in [1.29, 1.82) is 0 Å². The molecule has 1 rings (SSSR count). The van der Waals surface area contributed by atoms with Crippen LogP contribution in [0, 0.1) is 6.92 Å². The van der Waals surface area contributed by atoms with Crippen LogP contribution < -0.4 is 21.3 Å². The number of aliphatic carboxylic acids is 2. The molecule has 6 N–H and O–H groups in total. The van der Waals surface area contributed by atoms with Gasteiger partial charge in [0.15, 0.2) is 0 Å². The van der Waals surface area contributed by atoms with Crippen molar-refractivity contribution in [2.45, 2.75) is 45.1 Å². The SMILES string of the molecule is Cc1ccc(NC(=O)NCCCCC(CC(=O)O)NC(=O)NCCC(=O)O)cc1. The number of anilines is 1. The molecule has 1 aromatic carbocycles. The minimum atomic E-state index is -1.04. The summed E-state index contributed by atoms with van der Waals surface area (Å²) in [5, 5.41) is 27.8. The van der Waals surface area contributed by atoms with Gasteiger partial charge in [0.1, 0.15) is 0 Å². The van der Waals surface area contributed by atoms with E-state index in [0.29, 0.717) is 31.5 Å². The first kappa shape index (κ1) is 23.7. The lowest BCUT2D eigenvalue weighted by Crippen LogP contribution is -2.43. The number of nitrogens with one attached hydrogen (secondary N) is 4. The number of benzene rings is 1. The normalized spacial score (nSPS) is 11.2. The van der Waals surface area contributed by atoms with Gasteiger partial charge in [-0.15, -0.1) is 0 Å². The fourth-order valence-corrected chi connectivity index (χ4v) is 2.49. The minimum Gasteiger partial charge on any atom is -0.481 e. The zero-order valence-corrected chi connectivity index (χ0v) is 16.4. The molecule has 1 unspecified atom stereocenters. The molecule has 10 nitrogen and oxygen atoms in total. The van der Waals surface area contributed by atoms with Crippen LogP contribution in [0.1, 0.15) is 37.7 Å². The quantitative estimate of drug-likeness (QED) is 0.290. The second kappa shape index (κ2) is 13.0. The van der Waals surface area contributed by atoms with Crippen molar-refractivity contribution in [3.8, 4) is 0 Å². The second-order valence-electron chi connectivity index (χ2n) is 6.58. The Labute approximate surface area is 169 Å². The van der Waals surface area contributed by atoms with Crippen LogP contribution in [0.3, 0.4) is 0 Å². The van der Waals surface area contributed by atoms with Gasteiger partial charge in [-0.25, -0.2) is 9.59 Å². The zero-order valence-electron chi connectivity index (χ0n) is 16.4.